The number of carbonyl (C=O) groups is 2. The Bertz CT molecular complexity index is 862. The minimum Gasteiger partial charge on any atom is -0.377 e. The number of benzene rings is 2. The van der Waals surface area contributed by atoms with Gasteiger partial charge in [0.15, 0.2) is 0 Å². The van der Waals surface area contributed by atoms with Crippen LogP contribution < -0.4 is 10.2 Å². The van der Waals surface area contributed by atoms with Gasteiger partial charge in [0.2, 0.25) is 11.8 Å². The Morgan fingerprint density at radius 3 is 2.23 bits per heavy atom. The lowest BCUT2D eigenvalue weighted by Crippen LogP contribution is -2.37. The monoisotopic (exact) mass is 423 g/mol. The van der Waals surface area contributed by atoms with Crippen LogP contribution in [0.15, 0.2) is 48.5 Å². The molecule has 2 rings (SSSR count). The molecule has 2 amide bonds. The molecule has 5 nitrogen and oxygen atoms in total. The summed E-state index contributed by atoms with van der Waals surface area (Å²) in [5.41, 5.74) is 3.89. The third-order valence-corrected chi connectivity index (χ3v) is 5.33. The van der Waals surface area contributed by atoms with Crippen molar-refractivity contribution in [3.63, 3.8) is 0 Å². The molecule has 2 aromatic carbocycles. The number of rotatable bonds is 10. The average molecular weight is 424 g/mol. The summed E-state index contributed by atoms with van der Waals surface area (Å²) in [7, 11) is 3.99. The highest BCUT2D eigenvalue weighted by molar-refractivity contribution is 5.91. The van der Waals surface area contributed by atoms with Crippen molar-refractivity contribution in [1.82, 2.24) is 4.90 Å². The number of nitrogens with one attached hydrogen (secondary N) is 1. The molecule has 0 fully saturated rings. The summed E-state index contributed by atoms with van der Waals surface area (Å²) in [5.74, 6) is 0.317. The fraction of sp³-hybridized carbons (Fsp3) is 0.462. The van der Waals surface area contributed by atoms with Crippen LogP contribution in [-0.4, -0.2) is 37.4 Å². The van der Waals surface area contributed by atoms with E-state index in [0.29, 0.717) is 25.4 Å². The van der Waals surface area contributed by atoms with Gasteiger partial charge in [-0.05, 0) is 41.7 Å². The molecule has 0 aliphatic heterocycles. The molecule has 0 bridgehead atoms. The van der Waals surface area contributed by atoms with Crippen molar-refractivity contribution in [3.8, 4) is 0 Å². The van der Waals surface area contributed by atoms with E-state index in [-0.39, 0.29) is 17.7 Å². The van der Waals surface area contributed by atoms with Crippen LogP contribution in [0.5, 0.6) is 0 Å². The normalized spacial score (nSPS) is 11.8. The van der Waals surface area contributed by atoms with Gasteiger partial charge in [0.05, 0.1) is 5.92 Å². The average Bonchev–Trinajstić information content (AvgIpc) is 2.74. The second kappa shape index (κ2) is 11.5. The van der Waals surface area contributed by atoms with Crippen molar-refractivity contribution in [3.05, 3.63) is 59.7 Å². The van der Waals surface area contributed by atoms with E-state index in [2.05, 4.69) is 26.1 Å². The molecule has 0 spiro atoms. The molecule has 0 radical (unpaired) electrons. The first kappa shape index (κ1) is 24.4. The first-order valence-electron chi connectivity index (χ1n) is 11.2. The molecule has 0 unspecified atom stereocenters. The number of hydrogen-bond acceptors (Lipinski definition) is 3. The number of amides is 2. The van der Waals surface area contributed by atoms with Gasteiger partial charge in [-0.25, -0.2) is 0 Å². The summed E-state index contributed by atoms with van der Waals surface area (Å²) in [4.78, 5) is 29.6. The molecule has 0 aliphatic carbocycles. The third kappa shape index (κ3) is 6.84. The fourth-order valence-electron chi connectivity index (χ4n) is 3.81. The Morgan fingerprint density at radius 1 is 1.00 bits per heavy atom. The van der Waals surface area contributed by atoms with E-state index < -0.39 is 0 Å². The number of hydrogen-bond donors (Lipinski definition) is 1. The third-order valence-electron chi connectivity index (χ3n) is 5.33. The molecule has 2 aromatic rings. The summed E-state index contributed by atoms with van der Waals surface area (Å²) in [6.45, 7) is 9.35. The summed E-state index contributed by atoms with van der Waals surface area (Å²) >= 11 is 0. The molecule has 168 valence electrons. The highest BCUT2D eigenvalue weighted by atomic mass is 16.2. The van der Waals surface area contributed by atoms with Crippen molar-refractivity contribution < 1.29 is 9.59 Å². The van der Waals surface area contributed by atoms with E-state index in [1.807, 2.05) is 79.3 Å². The molecule has 0 aliphatic rings. The molecule has 0 aromatic heterocycles. The van der Waals surface area contributed by atoms with Crippen LogP contribution in [0.2, 0.25) is 0 Å². The van der Waals surface area contributed by atoms with Crippen LogP contribution >= 0.6 is 0 Å². The van der Waals surface area contributed by atoms with Gasteiger partial charge in [-0.3, -0.25) is 9.59 Å². The minimum atomic E-state index is -0.161. The largest absolute Gasteiger partial charge is 0.377 e. The molecule has 1 N–H and O–H groups in total. The Labute approximate surface area is 187 Å². The summed E-state index contributed by atoms with van der Waals surface area (Å²) in [6, 6.07) is 15.9. The van der Waals surface area contributed by atoms with E-state index in [1.54, 1.807) is 0 Å². The van der Waals surface area contributed by atoms with Gasteiger partial charge in [-0.1, -0.05) is 58.0 Å². The zero-order chi connectivity index (χ0) is 23.0. The van der Waals surface area contributed by atoms with Gasteiger partial charge in [-0.15, -0.1) is 0 Å². The van der Waals surface area contributed by atoms with Gasteiger partial charge < -0.3 is 15.1 Å². The number of nitrogens with zero attached hydrogens (tertiary/aromatic N) is 2. The quantitative estimate of drug-likeness (QED) is 0.566. The molecule has 5 heteroatoms. The SMILES string of the molecule is CCC(=O)Nc1ccc(N(C)C)c(CN(CC(C)C)C(=O)[C@@H](CC)c2ccccc2)c1. The maximum Gasteiger partial charge on any atom is 0.230 e. The van der Waals surface area contributed by atoms with Crippen LogP contribution in [0, 0.1) is 5.92 Å². The Balaban J connectivity index is 2.39. The first-order chi connectivity index (χ1) is 14.8. The number of anilines is 2. The van der Waals surface area contributed by atoms with E-state index in [1.165, 1.54) is 0 Å². The zero-order valence-corrected chi connectivity index (χ0v) is 19.8. The van der Waals surface area contributed by atoms with Crippen LogP contribution in [0.1, 0.15) is 57.6 Å². The molecule has 31 heavy (non-hydrogen) atoms. The maximum absolute atomic E-state index is 13.6. The number of carbonyl (C=O) groups excluding carboxylic acids is 2. The van der Waals surface area contributed by atoms with E-state index in [9.17, 15) is 9.59 Å². The van der Waals surface area contributed by atoms with Gasteiger partial charge in [0.25, 0.3) is 0 Å². The van der Waals surface area contributed by atoms with E-state index in [0.717, 1.165) is 28.9 Å². The van der Waals surface area contributed by atoms with Crippen LogP contribution in [0.25, 0.3) is 0 Å². The van der Waals surface area contributed by atoms with Gasteiger partial charge in [0, 0.05) is 45.0 Å². The van der Waals surface area contributed by atoms with Gasteiger partial charge in [0.1, 0.15) is 0 Å². The standard InChI is InChI=1S/C26H37N3O2/c1-7-23(20-12-10-9-11-13-20)26(31)29(17-19(3)4)18-21-16-22(27-25(30)8-2)14-15-24(21)28(5)6/h9-16,19,23H,7-8,17-18H2,1-6H3,(H,27,30)/t23-/m0/s1. The highest BCUT2D eigenvalue weighted by Gasteiger charge is 2.26. The molecule has 0 saturated carbocycles. The summed E-state index contributed by atoms with van der Waals surface area (Å²) in [5, 5.41) is 2.94. The minimum absolute atomic E-state index is 0.0196. The summed E-state index contributed by atoms with van der Waals surface area (Å²) < 4.78 is 0. The lowest BCUT2D eigenvalue weighted by Gasteiger charge is -2.30. The van der Waals surface area contributed by atoms with Crippen molar-refractivity contribution in [2.24, 2.45) is 5.92 Å². The molecular weight excluding hydrogens is 386 g/mol. The first-order valence-corrected chi connectivity index (χ1v) is 11.2. The molecule has 1 atom stereocenters. The van der Waals surface area contributed by atoms with Crippen LogP contribution in [0.3, 0.4) is 0 Å². The molecule has 0 heterocycles. The van der Waals surface area contributed by atoms with E-state index >= 15 is 0 Å². The smallest absolute Gasteiger partial charge is 0.230 e. The van der Waals surface area contributed by atoms with Crippen LogP contribution in [-0.2, 0) is 16.1 Å². The Morgan fingerprint density at radius 2 is 1.68 bits per heavy atom. The van der Waals surface area contributed by atoms with Crippen molar-refractivity contribution >= 4 is 23.2 Å². The predicted molar refractivity (Wildman–Crippen MR) is 129 cm³/mol. The highest BCUT2D eigenvalue weighted by Crippen LogP contribution is 2.28. The van der Waals surface area contributed by atoms with Crippen LogP contribution in [0.4, 0.5) is 11.4 Å². The second-order valence-corrected chi connectivity index (χ2v) is 8.62. The fourth-order valence-corrected chi connectivity index (χ4v) is 3.81. The lowest BCUT2D eigenvalue weighted by atomic mass is 9.94. The van der Waals surface area contributed by atoms with Gasteiger partial charge in [-0.2, -0.15) is 0 Å². The Kier molecular flexibility index (Phi) is 9.10. The lowest BCUT2D eigenvalue weighted by molar-refractivity contribution is -0.134. The maximum atomic E-state index is 13.6. The van der Waals surface area contributed by atoms with Gasteiger partial charge >= 0.3 is 0 Å². The van der Waals surface area contributed by atoms with Crippen molar-refractivity contribution in [2.75, 3.05) is 30.9 Å². The van der Waals surface area contributed by atoms with Crippen molar-refractivity contribution in [2.45, 2.75) is 53.0 Å². The topological polar surface area (TPSA) is 52.7 Å². The Hall–Kier alpha value is -2.82. The second-order valence-electron chi connectivity index (χ2n) is 8.62. The summed E-state index contributed by atoms with van der Waals surface area (Å²) in [6.07, 6.45) is 1.18. The van der Waals surface area contributed by atoms with E-state index in [4.69, 9.17) is 0 Å². The predicted octanol–water partition coefficient (Wildman–Crippen LogP) is 5.28. The molecular formula is C26H37N3O2. The molecule has 0 saturated heterocycles. The van der Waals surface area contributed by atoms with Crippen molar-refractivity contribution in [1.29, 1.82) is 0 Å². The zero-order valence-electron chi connectivity index (χ0n) is 19.8.